The molecule has 0 aromatic heterocycles. The van der Waals surface area contributed by atoms with Gasteiger partial charge in [-0.05, 0) is 53.8 Å². The third-order valence-electron chi connectivity index (χ3n) is 3.92. The van der Waals surface area contributed by atoms with E-state index in [0.717, 1.165) is 22.3 Å². The van der Waals surface area contributed by atoms with E-state index in [0.29, 0.717) is 18.7 Å². The smallest absolute Gasteiger partial charge is 0.411 e. The maximum absolute atomic E-state index is 11.2. The lowest BCUT2D eigenvalue weighted by molar-refractivity contribution is -0.384. The Morgan fingerprint density at radius 3 is 2.45 bits per heavy atom. The molecule has 1 aliphatic rings. The van der Waals surface area contributed by atoms with E-state index in [-0.39, 0.29) is 5.69 Å². The number of hydrogen-bond acceptors (Lipinski definition) is 3. The largest absolute Gasteiger partial charge is 0.465 e. The lowest BCUT2D eigenvalue weighted by Gasteiger charge is -2.18. The van der Waals surface area contributed by atoms with Gasteiger partial charge in [-0.3, -0.25) is 15.0 Å². The summed E-state index contributed by atoms with van der Waals surface area (Å²) >= 11 is 0. The molecule has 0 heterocycles. The molecule has 0 bridgehead atoms. The maximum atomic E-state index is 11.2. The Kier molecular flexibility index (Phi) is 3.29. The molecule has 0 atom stereocenters. The van der Waals surface area contributed by atoms with Crippen LogP contribution in [0.1, 0.15) is 18.1 Å². The van der Waals surface area contributed by atoms with E-state index in [4.69, 9.17) is 0 Å². The highest BCUT2D eigenvalue weighted by Gasteiger charge is 2.23. The number of nitro groups is 1. The topological polar surface area (TPSA) is 83.7 Å². The molecule has 0 spiro atoms. The zero-order valence-corrected chi connectivity index (χ0v) is 11.9. The number of benzene rings is 2. The van der Waals surface area contributed by atoms with Crippen molar-refractivity contribution in [1.29, 1.82) is 0 Å². The van der Waals surface area contributed by atoms with E-state index in [9.17, 15) is 20.0 Å². The van der Waals surface area contributed by atoms with Crippen molar-refractivity contribution in [2.75, 3.05) is 11.4 Å². The number of carbonyl (C=O) groups is 1. The van der Waals surface area contributed by atoms with Crippen LogP contribution < -0.4 is 4.90 Å². The third-order valence-corrected chi connectivity index (χ3v) is 3.92. The lowest BCUT2D eigenvalue weighted by Crippen LogP contribution is -2.28. The van der Waals surface area contributed by atoms with E-state index in [1.165, 1.54) is 11.0 Å². The fourth-order valence-electron chi connectivity index (χ4n) is 2.89. The number of fused-ring (bicyclic) bond motifs is 3. The summed E-state index contributed by atoms with van der Waals surface area (Å²) in [4.78, 5) is 22.9. The van der Waals surface area contributed by atoms with Gasteiger partial charge in [-0.1, -0.05) is 6.07 Å². The molecule has 22 heavy (non-hydrogen) atoms. The van der Waals surface area contributed by atoms with Gasteiger partial charge in [-0.25, -0.2) is 4.79 Å². The molecule has 0 fully saturated rings. The van der Waals surface area contributed by atoms with Crippen molar-refractivity contribution in [3.8, 4) is 11.1 Å². The second-order valence-corrected chi connectivity index (χ2v) is 5.14. The summed E-state index contributed by atoms with van der Waals surface area (Å²) in [6, 6.07) is 10.3. The Labute approximate surface area is 126 Å². The van der Waals surface area contributed by atoms with Crippen LogP contribution in [-0.4, -0.2) is 22.7 Å². The Morgan fingerprint density at radius 1 is 1.23 bits per heavy atom. The van der Waals surface area contributed by atoms with Gasteiger partial charge in [-0.2, -0.15) is 0 Å². The normalized spacial score (nSPS) is 11.7. The van der Waals surface area contributed by atoms with Crippen molar-refractivity contribution in [3.63, 3.8) is 0 Å². The van der Waals surface area contributed by atoms with Gasteiger partial charge in [0.05, 0.1) is 4.92 Å². The predicted octanol–water partition coefficient (Wildman–Crippen LogP) is 3.67. The maximum Gasteiger partial charge on any atom is 0.411 e. The van der Waals surface area contributed by atoms with E-state index >= 15 is 0 Å². The van der Waals surface area contributed by atoms with Crippen LogP contribution in [0.3, 0.4) is 0 Å². The Balaban J connectivity index is 2.01. The molecule has 2 aromatic rings. The first kappa shape index (κ1) is 14.1. The highest BCUT2D eigenvalue weighted by Crippen LogP contribution is 2.39. The minimum absolute atomic E-state index is 0.0764. The van der Waals surface area contributed by atoms with Gasteiger partial charge in [0.25, 0.3) is 5.69 Å². The minimum atomic E-state index is -0.992. The zero-order chi connectivity index (χ0) is 15.9. The predicted molar refractivity (Wildman–Crippen MR) is 82.4 cm³/mol. The summed E-state index contributed by atoms with van der Waals surface area (Å²) in [7, 11) is 0. The second kappa shape index (κ2) is 5.14. The number of non-ortho nitro benzene ring substituents is 1. The number of anilines is 1. The molecule has 1 aliphatic carbocycles. The fourth-order valence-corrected chi connectivity index (χ4v) is 2.89. The molecule has 2 aromatic carbocycles. The van der Waals surface area contributed by atoms with Gasteiger partial charge in [0.15, 0.2) is 0 Å². The molecule has 6 nitrogen and oxygen atoms in total. The molecule has 0 saturated carbocycles. The average molecular weight is 298 g/mol. The molecular formula is C16H14N2O4. The number of nitrogens with zero attached hydrogens (tertiary/aromatic N) is 2. The highest BCUT2D eigenvalue weighted by atomic mass is 16.6. The summed E-state index contributed by atoms with van der Waals surface area (Å²) in [6.45, 7) is 2.14. The van der Waals surface area contributed by atoms with E-state index < -0.39 is 11.0 Å². The van der Waals surface area contributed by atoms with Gasteiger partial charge >= 0.3 is 6.09 Å². The van der Waals surface area contributed by atoms with Crippen molar-refractivity contribution < 1.29 is 14.8 Å². The van der Waals surface area contributed by atoms with Gasteiger partial charge in [0, 0.05) is 24.4 Å². The summed E-state index contributed by atoms with van der Waals surface area (Å²) in [5, 5.41) is 20.1. The van der Waals surface area contributed by atoms with Crippen molar-refractivity contribution in [2.24, 2.45) is 0 Å². The molecule has 1 amide bonds. The van der Waals surface area contributed by atoms with Crippen molar-refractivity contribution in [1.82, 2.24) is 0 Å². The Bertz CT molecular complexity index is 786. The molecule has 0 unspecified atom stereocenters. The molecule has 0 saturated heterocycles. The van der Waals surface area contributed by atoms with Crippen LogP contribution in [0.2, 0.25) is 0 Å². The van der Waals surface area contributed by atoms with Crippen LogP contribution >= 0.6 is 0 Å². The Morgan fingerprint density at radius 2 is 1.86 bits per heavy atom. The minimum Gasteiger partial charge on any atom is -0.465 e. The quantitative estimate of drug-likeness (QED) is 0.590. The van der Waals surface area contributed by atoms with Crippen LogP contribution in [0.25, 0.3) is 11.1 Å². The number of carboxylic acid groups (broad SMARTS) is 1. The van der Waals surface area contributed by atoms with Crippen LogP contribution in [0, 0.1) is 10.1 Å². The van der Waals surface area contributed by atoms with Crippen LogP contribution in [-0.2, 0) is 6.42 Å². The summed E-state index contributed by atoms with van der Waals surface area (Å²) in [6.07, 6.45) is -0.411. The SMILES string of the molecule is CCN(C(=O)O)c1ccc2c(c1)Cc1cc([N+](=O)[O-])ccc1-2. The molecular weight excluding hydrogens is 284 g/mol. The first-order valence-corrected chi connectivity index (χ1v) is 6.92. The summed E-state index contributed by atoms with van der Waals surface area (Å²) < 4.78 is 0. The fraction of sp³-hybridized carbons (Fsp3) is 0.188. The lowest BCUT2D eigenvalue weighted by atomic mass is 10.0. The van der Waals surface area contributed by atoms with Gasteiger partial charge < -0.3 is 5.11 Å². The summed E-state index contributed by atoms with van der Waals surface area (Å²) in [5.41, 5.74) is 4.58. The molecule has 1 N–H and O–H groups in total. The third kappa shape index (κ3) is 2.18. The van der Waals surface area contributed by atoms with Crippen molar-refractivity contribution in [2.45, 2.75) is 13.3 Å². The van der Waals surface area contributed by atoms with Gasteiger partial charge in [0.1, 0.15) is 0 Å². The second-order valence-electron chi connectivity index (χ2n) is 5.14. The van der Waals surface area contributed by atoms with Gasteiger partial charge in [0.2, 0.25) is 0 Å². The molecule has 3 rings (SSSR count). The first-order valence-electron chi connectivity index (χ1n) is 6.92. The zero-order valence-electron chi connectivity index (χ0n) is 11.9. The van der Waals surface area contributed by atoms with Gasteiger partial charge in [-0.15, -0.1) is 0 Å². The monoisotopic (exact) mass is 298 g/mol. The summed E-state index contributed by atoms with van der Waals surface area (Å²) in [5.74, 6) is 0. The van der Waals surface area contributed by atoms with E-state index in [1.54, 1.807) is 25.1 Å². The van der Waals surface area contributed by atoms with E-state index in [1.807, 2.05) is 12.1 Å². The van der Waals surface area contributed by atoms with Crippen LogP contribution in [0.4, 0.5) is 16.2 Å². The molecule has 112 valence electrons. The molecule has 0 radical (unpaired) electrons. The van der Waals surface area contributed by atoms with Crippen LogP contribution in [0.15, 0.2) is 36.4 Å². The number of nitro benzene ring substituents is 1. The van der Waals surface area contributed by atoms with E-state index in [2.05, 4.69) is 0 Å². The van der Waals surface area contributed by atoms with Crippen molar-refractivity contribution >= 4 is 17.5 Å². The van der Waals surface area contributed by atoms with Crippen LogP contribution in [0.5, 0.6) is 0 Å². The Hall–Kier alpha value is -2.89. The first-order chi connectivity index (χ1) is 10.5. The number of rotatable bonds is 3. The highest BCUT2D eigenvalue weighted by molar-refractivity contribution is 5.88. The standard InChI is InChI=1S/C16H14N2O4/c1-2-17(16(19)20)12-3-5-14-10(8-12)7-11-9-13(18(21)22)4-6-15(11)14/h3-6,8-9H,2,7H2,1H3,(H,19,20). The number of amides is 1. The number of hydrogen-bond donors (Lipinski definition) is 1. The average Bonchev–Trinajstić information content (AvgIpc) is 2.84. The molecule has 0 aliphatic heterocycles. The van der Waals surface area contributed by atoms with Crippen molar-refractivity contribution in [3.05, 3.63) is 57.6 Å². The molecule has 6 heteroatoms.